The van der Waals surface area contributed by atoms with Gasteiger partial charge in [0.15, 0.2) is 4.34 Å². The topological polar surface area (TPSA) is 42.0 Å². The summed E-state index contributed by atoms with van der Waals surface area (Å²) in [6.45, 7) is 3.72. The maximum Gasteiger partial charge on any atom is 0.255 e. The number of hydrogen-bond acceptors (Lipinski definition) is 4. The number of fused-ring (bicyclic) bond motifs is 1. The lowest BCUT2D eigenvalue weighted by molar-refractivity contribution is 0.102. The highest BCUT2D eigenvalue weighted by atomic mass is 79.9. The van der Waals surface area contributed by atoms with Crippen molar-refractivity contribution in [2.45, 2.75) is 4.34 Å². The molecule has 3 aromatic rings. The Hall–Kier alpha value is -1.63. The number of carbonyl (C=O) groups excluding carboxylic acids is 1. The van der Waals surface area contributed by atoms with Crippen molar-refractivity contribution >= 4 is 60.8 Å². The first kappa shape index (κ1) is 16.2. The van der Waals surface area contributed by atoms with Gasteiger partial charge in [-0.25, -0.2) is 4.98 Å². The van der Waals surface area contributed by atoms with Crippen LogP contribution in [0.1, 0.15) is 10.4 Å². The van der Waals surface area contributed by atoms with Crippen LogP contribution in [0.4, 0.5) is 5.69 Å². The average molecular weight is 405 g/mol. The van der Waals surface area contributed by atoms with Crippen molar-refractivity contribution in [1.29, 1.82) is 0 Å². The molecule has 1 aromatic heterocycles. The number of carbonyl (C=O) groups is 1. The SMILES string of the molecule is C=CCSc1nc2ccc(NC(=O)c3cccc(Br)c3)cc2s1. The summed E-state index contributed by atoms with van der Waals surface area (Å²) in [4.78, 5) is 16.8. The molecule has 116 valence electrons. The van der Waals surface area contributed by atoms with Gasteiger partial charge in [0.05, 0.1) is 10.2 Å². The molecule has 1 amide bonds. The summed E-state index contributed by atoms with van der Waals surface area (Å²) in [5, 5.41) is 2.93. The van der Waals surface area contributed by atoms with Crippen molar-refractivity contribution in [2.75, 3.05) is 11.1 Å². The van der Waals surface area contributed by atoms with E-state index in [9.17, 15) is 4.79 Å². The Morgan fingerprint density at radius 3 is 3.00 bits per heavy atom. The summed E-state index contributed by atoms with van der Waals surface area (Å²) in [6, 6.07) is 13.1. The van der Waals surface area contributed by atoms with Crippen LogP contribution in [0.25, 0.3) is 10.2 Å². The largest absolute Gasteiger partial charge is 0.322 e. The van der Waals surface area contributed by atoms with Gasteiger partial charge < -0.3 is 5.32 Å². The van der Waals surface area contributed by atoms with Crippen LogP contribution in [0.5, 0.6) is 0 Å². The van der Waals surface area contributed by atoms with Crippen molar-refractivity contribution in [3.63, 3.8) is 0 Å². The lowest BCUT2D eigenvalue weighted by atomic mass is 10.2. The van der Waals surface area contributed by atoms with Gasteiger partial charge in [-0.2, -0.15) is 0 Å². The van der Waals surface area contributed by atoms with E-state index in [0.717, 1.165) is 30.5 Å². The fourth-order valence-corrected chi connectivity index (χ4v) is 4.27. The van der Waals surface area contributed by atoms with E-state index in [1.165, 1.54) is 0 Å². The maximum atomic E-state index is 12.3. The molecule has 0 radical (unpaired) electrons. The summed E-state index contributed by atoms with van der Waals surface area (Å²) in [5.41, 5.74) is 2.33. The Labute approximate surface area is 151 Å². The Balaban J connectivity index is 1.80. The Morgan fingerprint density at radius 2 is 2.22 bits per heavy atom. The number of thiazole rings is 1. The zero-order valence-corrected chi connectivity index (χ0v) is 15.3. The van der Waals surface area contributed by atoms with Gasteiger partial charge in [-0.3, -0.25) is 4.79 Å². The molecule has 1 N–H and O–H groups in total. The third-order valence-electron chi connectivity index (χ3n) is 3.04. The number of nitrogens with one attached hydrogen (secondary N) is 1. The summed E-state index contributed by atoms with van der Waals surface area (Å²) in [7, 11) is 0. The van der Waals surface area contributed by atoms with E-state index in [1.54, 1.807) is 35.2 Å². The van der Waals surface area contributed by atoms with E-state index in [1.807, 2.05) is 36.4 Å². The summed E-state index contributed by atoms with van der Waals surface area (Å²) >= 11 is 6.66. The van der Waals surface area contributed by atoms with Crippen LogP contribution in [0.2, 0.25) is 0 Å². The number of thioether (sulfide) groups is 1. The first-order chi connectivity index (χ1) is 11.2. The molecule has 23 heavy (non-hydrogen) atoms. The average Bonchev–Trinajstić information content (AvgIpc) is 2.95. The second-order valence-electron chi connectivity index (χ2n) is 4.73. The minimum atomic E-state index is -0.128. The number of amides is 1. The van der Waals surface area contributed by atoms with Crippen molar-refractivity contribution in [1.82, 2.24) is 4.98 Å². The van der Waals surface area contributed by atoms with E-state index >= 15 is 0 Å². The number of nitrogens with zero attached hydrogens (tertiary/aromatic N) is 1. The lowest BCUT2D eigenvalue weighted by Gasteiger charge is -2.05. The van der Waals surface area contributed by atoms with Gasteiger partial charge in [0.25, 0.3) is 5.91 Å². The monoisotopic (exact) mass is 404 g/mol. The van der Waals surface area contributed by atoms with Gasteiger partial charge in [-0.1, -0.05) is 39.8 Å². The fraction of sp³-hybridized carbons (Fsp3) is 0.0588. The molecule has 0 saturated heterocycles. The lowest BCUT2D eigenvalue weighted by Crippen LogP contribution is -2.11. The first-order valence-electron chi connectivity index (χ1n) is 6.87. The van der Waals surface area contributed by atoms with Gasteiger partial charge in [-0.15, -0.1) is 17.9 Å². The van der Waals surface area contributed by atoms with Crippen molar-refractivity contribution in [3.05, 3.63) is 65.2 Å². The normalized spacial score (nSPS) is 10.7. The van der Waals surface area contributed by atoms with Crippen LogP contribution in [-0.4, -0.2) is 16.6 Å². The number of benzene rings is 2. The maximum absolute atomic E-state index is 12.3. The van der Waals surface area contributed by atoms with E-state index in [2.05, 4.69) is 32.8 Å². The zero-order chi connectivity index (χ0) is 16.2. The highest BCUT2D eigenvalue weighted by Gasteiger charge is 2.09. The molecule has 0 aliphatic rings. The zero-order valence-electron chi connectivity index (χ0n) is 12.1. The van der Waals surface area contributed by atoms with Gasteiger partial charge >= 0.3 is 0 Å². The Kier molecular flexibility index (Phi) is 5.15. The van der Waals surface area contributed by atoms with Crippen LogP contribution in [0, 0.1) is 0 Å². The molecule has 0 spiro atoms. The molecule has 0 bridgehead atoms. The van der Waals surface area contributed by atoms with Gasteiger partial charge in [0.2, 0.25) is 0 Å². The minimum absolute atomic E-state index is 0.128. The highest BCUT2D eigenvalue weighted by molar-refractivity contribution is 9.10. The molecular formula is C17H13BrN2OS2. The van der Waals surface area contributed by atoms with Gasteiger partial charge in [0, 0.05) is 21.5 Å². The second-order valence-corrected chi connectivity index (χ2v) is 7.94. The number of hydrogen-bond donors (Lipinski definition) is 1. The van der Waals surface area contributed by atoms with Gasteiger partial charge in [0.1, 0.15) is 0 Å². The second kappa shape index (κ2) is 7.29. The summed E-state index contributed by atoms with van der Waals surface area (Å²) < 4.78 is 2.95. The predicted octanol–water partition coefficient (Wildman–Crippen LogP) is 5.59. The van der Waals surface area contributed by atoms with Crippen molar-refractivity contribution in [2.24, 2.45) is 0 Å². The third-order valence-corrected chi connectivity index (χ3v) is 5.69. The molecule has 3 nitrogen and oxygen atoms in total. The molecule has 1 heterocycles. The standard InChI is InChI=1S/C17H13BrN2OS2/c1-2-8-22-17-20-14-7-6-13(10-15(14)23-17)19-16(21)11-4-3-5-12(18)9-11/h2-7,9-10H,1,8H2,(H,19,21). The van der Waals surface area contributed by atoms with Crippen molar-refractivity contribution < 1.29 is 4.79 Å². The molecule has 2 aromatic carbocycles. The molecule has 0 aliphatic heterocycles. The Morgan fingerprint density at radius 1 is 1.35 bits per heavy atom. The van der Waals surface area contributed by atoms with Crippen LogP contribution in [-0.2, 0) is 0 Å². The molecule has 0 aliphatic carbocycles. The molecular weight excluding hydrogens is 392 g/mol. The quantitative estimate of drug-likeness (QED) is 0.445. The fourth-order valence-electron chi connectivity index (χ4n) is 2.01. The molecule has 0 saturated carbocycles. The Bertz CT molecular complexity index is 876. The van der Waals surface area contributed by atoms with E-state index < -0.39 is 0 Å². The predicted molar refractivity (Wildman–Crippen MR) is 103 cm³/mol. The molecule has 0 unspecified atom stereocenters. The van der Waals surface area contributed by atoms with Crippen LogP contribution >= 0.6 is 39.0 Å². The van der Waals surface area contributed by atoms with Crippen LogP contribution in [0.3, 0.4) is 0 Å². The first-order valence-corrected chi connectivity index (χ1v) is 9.46. The van der Waals surface area contributed by atoms with Crippen LogP contribution < -0.4 is 5.32 Å². The summed E-state index contributed by atoms with van der Waals surface area (Å²) in [6.07, 6.45) is 1.86. The number of aromatic nitrogens is 1. The number of halogens is 1. The molecule has 0 fully saturated rings. The van der Waals surface area contributed by atoms with Gasteiger partial charge in [-0.05, 0) is 36.4 Å². The molecule has 0 atom stereocenters. The minimum Gasteiger partial charge on any atom is -0.322 e. The van der Waals surface area contributed by atoms with E-state index in [-0.39, 0.29) is 5.91 Å². The van der Waals surface area contributed by atoms with E-state index in [4.69, 9.17) is 0 Å². The number of anilines is 1. The van der Waals surface area contributed by atoms with Crippen molar-refractivity contribution in [3.8, 4) is 0 Å². The summed E-state index contributed by atoms with van der Waals surface area (Å²) in [5.74, 6) is 0.711. The molecule has 6 heteroatoms. The highest BCUT2D eigenvalue weighted by Crippen LogP contribution is 2.31. The molecule has 3 rings (SSSR count). The van der Waals surface area contributed by atoms with E-state index in [0.29, 0.717) is 5.56 Å². The third kappa shape index (κ3) is 4.02. The van der Waals surface area contributed by atoms with Crippen LogP contribution in [0.15, 0.2) is 63.9 Å². The number of rotatable bonds is 5. The smallest absolute Gasteiger partial charge is 0.255 e.